The first-order chi connectivity index (χ1) is 7.22. The minimum absolute atomic E-state index is 0.198. The molecule has 90 valence electrons. The molecule has 0 aliphatic rings. The van der Waals surface area contributed by atoms with Crippen LogP contribution < -0.4 is 0 Å². The summed E-state index contributed by atoms with van der Waals surface area (Å²) in [5, 5.41) is 9.78. The SMILES string of the molecule is CCC=C(C)C(O)CCCCCCCC. The number of hydrogen-bond donors (Lipinski definition) is 1. The third-order valence-electron chi connectivity index (χ3n) is 2.88. The van der Waals surface area contributed by atoms with Gasteiger partial charge in [0.1, 0.15) is 0 Å². The highest BCUT2D eigenvalue weighted by Gasteiger charge is 2.04. The molecule has 1 heteroatoms. The zero-order valence-electron chi connectivity index (χ0n) is 10.8. The maximum atomic E-state index is 9.78. The molecule has 0 spiro atoms. The van der Waals surface area contributed by atoms with Gasteiger partial charge in [0.2, 0.25) is 0 Å². The predicted molar refractivity (Wildman–Crippen MR) is 68.0 cm³/mol. The van der Waals surface area contributed by atoms with Crippen LogP contribution in [0.5, 0.6) is 0 Å². The quantitative estimate of drug-likeness (QED) is 0.442. The third kappa shape index (κ3) is 8.68. The van der Waals surface area contributed by atoms with Crippen molar-refractivity contribution in [3.05, 3.63) is 11.6 Å². The normalized spacial score (nSPS) is 14.3. The van der Waals surface area contributed by atoms with E-state index in [2.05, 4.69) is 19.9 Å². The molecule has 0 aromatic carbocycles. The Morgan fingerprint density at radius 1 is 1.07 bits per heavy atom. The summed E-state index contributed by atoms with van der Waals surface area (Å²) in [5.41, 5.74) is 1.14. The molecule has 0 aromatic rings. The Balaban J connectivity index is 3.38. The van der Waals surface area contributed by atoms with Crippen LogP contribution in [0.4, 0.5) is 0 Å². The molecule has 0 rings (SSSR count). The van der Waals surface area contributed by atoms with E-state index in [1.54, 1.807) is 0 Å². The van der Waals surface area contributed by atoms with Gasteiger partial charge in [-0.3, -0.25) is 0 Å². The molecule has 0 amide bonds. The van der Waals surface area contributed by atoms with Gasteiger partial charge in [0, 0.05) is 0 Å². The largest absolute Gasteiger partial charge is 0.389 e. The molecule has 0 saturated carbocycles. The molecule has 0 heterocycles. The molecule has 0 aromatic heterocycles. The topological polar surface area (TPSA) is 20.2 Å². The Morgan fingerprint density at radius 2 is 1.67 bits per heavy atom. The third-order valence-corrected chi connectivity index (χ3v) is 2.88. The lowest BCUT2D eigenvalue weighted by molar-refractivity contribution is 0.195. The van der Waals surface area contributed by atoms with Crippen LogP contribution in [0.2, 0.25) is 0 Å². The number of hydrogen-bond acceptors (Lipinski definition) is 1. The van der Waals surface area contributed by atoms with Gasteiger partial charge in [0.25, 0.3) is 0 Å². The first kappa shape index (κ1) is 14.7. The van der Waals surface area contributed by atoms with Crippen molar-refractivity contribution in [2.24, 2.45) is 0 Å². The Hall–Kier alpha value is -0.300. The highest BCUT2D eigenvalue weighted by atomic mass is 16.3. The molecule has 0 radical (unpaired) electrons. The molecular formula is C14H28O. The van der Waals surface area contributed by atoms with Gasteiger partial charge >= 0.3 is 0 Å². The Morgan fingerprint density at radius 3 is 2.27 bits per heavy atom. The maximum absolute atomic E-state index is 9.78. The van der Waals surface area contributed by atoms with Crippen LogP contribution in [0.1, 0.15) is 72.1 Å². The standard InChI is InChI=1S/C14H28O/c1-4-6-7-8-9-10-12-14(15)13(3)11-5-2/h11,14-15H,4-10,12H2,1-3H3. The maximum Gasteiger partial charge on any atom is 0.0747 e. The van der Waals surface area contributed by atoms with Crippen LogP contribution >= 0.6 is 0 Å². The Bertz CT molecular complexity index is 161. The van der Waals surface area contributed by atoms with Crippen molar-refractivity contribution < 1.29 is 5.11 Å². The van der Waals surface area contributed by atoms with E-state index in [0.717, 1.165) is 18.4 Å². The first-order valence-corrected chi connectivity index (χ1v) is 6.57. The average molecular weight is 212 g/mol. The lowest BCUT2D eigenvalue weighted by atomic mass is 10.0. The van der Waals surface area contributed by atoms with E-state index in [4.69, 9.17) is 0 Å². The van der Waals surface area contributed by atoms with Gasteiger partial charge < -0.3 is 5.11 Å². The second-order valence-electron chi connectivity index (χ2n) is 4.43. The molecule has 1 atom stereocenters. The average Bonchev–Trinajstić information content (AvgIpc) is 2.23. The van der Waals surface area contributed by atoms with Gasteiger partial charge in [-0.05, 0) is 25.3 Å². The van der Waals surface area contributed by atoms with Crippen molar-refractivity contribution in [3.63, 3.8) is 0 Å². The van der Waals surface area contributed by atoms with Crippen LogP contribution in [-0.4, -0.2) is 11.2 Å². The van der Waals surface area contributed by atoms with E-state index >= 15 is 0 Å². The first-order valence-electron chi connectivity index (χ1n) is 6.57. The van der Waals surface area contributed by atoms with Gasteiger partial charge in [-0.25, -0.2) is 0 Å². The number of unbranched alkanes of at least 4 members (excludes halogenated alkanes) is 5. The van der Waals surface area contributed by atoms with Gasteiger partial charge in [-0.2, -0.15) is 0 Å². The van der Waals surface area contributed by atoms with E-state index in [1.807, 2.05) is 6.92 Å². The lowest BCUT2D eigenvalue weighted by Crippen LogP contribution is -2.07. The van der Waals surface area contributed by atoms with E-state index in [-0.39, 0.29) is 6.10 Å². The molecule has 0 saturated heterocycles. The molecule has 0 bridgehead atoms. The summed E-state index contributed by atoms with van der Waals surface area (Å²) >= 11 is 0. The van der Waals surface area contributed by atoms with Crippen molar-refractivity contribution in [2.75, 3.05) is 0 Å². The lowest BCUT2D eigenvalue weighted by Gasteiger charge is -2.10. The van der Waals surface area contributed by atoms with E-state index in [9.17, 15) is 5.11 Å². The van der Waals surface area contributed by atoms with Crippen molar-refractivity contribution >= 4 is 0 Å². The molecule has 0 aliphatic heterocycles. The second kappa shape index (κ2) is 10.2. The summed E-state index contributed by atoms with van der Waals surface area (Å²) in [6, 6.07) is 0. The fraction of sp³-hybridized carbons (Fsp3) is 0.857. The smallest absolute Gasteiger partial charge is 0.0747 e. The summed E-state index contributed by atoms with van der Waals surface area (Å²) in [6.07, 6.45) is 11.7. The molecular weight excluding hydrogens is 184 g/mol. The van der Waals surface area contributed by atoms with E-state index in [1.165, 1.54) is 38.5 Å². The number of allylic oxidation sites excluding steroid dienone is 1. The fourth-order valence-electron chi connectivity index (χ4n) is 1.80. The van der Waals surface area contributed by atoms with Gasteiger partial charge in [0.05, 0.1) is 6.10 Å². The predicted octanol–water partition coefficient (Wildman–Crippen LogP) is 4.45. The summed E-state index contributed by atoms with van der Waals surface area (Å²) in [5.74, 6) is 0. The van der Waals surface area contributed by atoms with Gasteiger partial charge in [-0.15, -0.1) is 0 Å². The van der Waals surface area contributed by atoms with Crippen molar-refractivity contribution in [1.29, 1.82) is 0 Å². The van der Waals surface area contributed by atoms with E-state index < -0.39 is 0 Å². The number of rotatable bonds is 9. The fourth-order valence-corrected chi connectivity index (χ4v) is 1.80. The molecule has 15 heavy (non-hydrogen) atoms. The van der Waals surface area contributed by atoms with Gasteiger partial charge in [-0.1, -0.05) is 58.4 Å². The minimum atomic E-state index is -0.198. The Kier molecular flexibility index (Phi) is 10.0. The minimum Gasteiger partial charge on any atom is -0.389 e. The molecule has 0 fully saturated rings. The zero-order valence-corrected chi connectivity index (χ0v) is 10.8. The van der Waals surface area contributed by atoms with Crippen LogP contribution in [-0.2, 0) is 0 Å². The zero-order chi connectivity index (χ0) is 11.5. The monoisotopic (exact) mass is 212 g/mol. The molecule has 1 nitrogen and oxygen atoms in total. The van der Waals surface area contributed by atoms with Crippen molar-refractivity contribution in [3.8, 4) is 0 Å². The molecule has 1 unspecified atom stereocenters. The highest BCUT2D eigenvalue weighted by Crippen LogP contribution is 2.13. The van der Waals surface area contributed by atoms with Crippen molar-refractivity contribution in [1.82, 2.24) is 0 Å². The summed E-state index contributed by atoms with van der Waals surface area (Å²) in [7, 11) is 0. The van der Waals surface area contributed by atoms with Gasteiger partial charge in [0.15, 0.2) is 0 Å². The van der Waals surface area contributed by atoms with Crippen LogP contribution in [0, 0.1) is 0 Å². The summed E-state index contributed by atoms with van der Waals surface area (Å²) in [4.78, 5) is 0. The highest BCUT2D eigenvalue weighted by molar-refractivity contribution is 5.03. The second-order valence-corrected chi connectivity index (χ2v) is 4.43. The Labute approximate surface area is 95.6 Å². The van der Waals surface area contributed by atoms with E-state index in [0.29, 0.717) is 0 Å². The number of aliphatic hydroxyl groups is 1. The van der Waals surface area contributed by atoms with Crippen LogP contribution in [0.3, 0.4) is 0 Å². The summed E-state index contributed by atoms with van der Waals surface area (Å²) in [6.45, 7) is 6.38. The van der Waals surface area contributed by atoms with Crippen molar-refractivity contribution in [2.45, 2.75) is 78.2 Å². The van der Waals surface area contributed by atoms with Crippen LogP contribution in [0.25, 0.3) is 0 Å². The van der Waals surface area contributed by atoms with Crippen LogP contribution in [0.15, 0.2) is 11.6 Å². The summed E-state index contributed by atoms with van der Waals surface area (Å²) < 4.78 is 0. The molecule has 1 N–H and O–H groups in total. The molecule has 0 aliphatic carbocycles. The number of aliphatic hydroxyl groups excluding tert-OH is 1.